The fourth-order valence-electron chi connectivity index (χ4n) is 8.02. The number of amides is 1. The molecule has 0 rings (SSSR count). The molecule has 3 unspecified atom stereocenters. The van der Waals surface area contributed by atoms with Crippen LogP contribution in [-0.4, -0.2) is 46.9 Å². The van der Waals surface area contributed by atoms with E-state index in [0.717, 1.165) is 103 Å². The van der Waals surface area contributed by atoms with E-state index in [4.69, 9.17) is 4.74 Å². The van der Waals surface area contributed by atoms with Crippen LogP contribution in [0.2, 0.25) is 0 Å². The van der Waals surface area contributed by atoms with Crippen molar-refractivity contribution in [1.29, 1.82) is 0 Å². The van der Waals surface area contributed by atoms with Crippen LogP contribution in [0.4, 0.5) is 0 Å². The minimum atomic E-state index is -0.797. The van der Waals surface area contributed by atoms with Gasteiger partial charge in [0.2, 0.25) is 5.91 Å². The van der Waals surface area contributed by atoms with E-state index >= 15 is 0 Å². The molecule has 0 saturated carbocycles. The number of unbranched alkanes of at least 4 members (excludes halogenated alkanes) is 27. The summed E-state index contributed by atoms with van der Waals surface area (Å²) in [4.78, 5) is 26.2. The fourth-order valence-corrected chi connectivity index (χ4v) is 8.02. The molecule has 0 aliphatic heterocycles. The summed E-state index contributed by atoms with van der Waals surface area (Å²) in [6, 6.07) is -0.712. The first kappa shape index (κ1) is 60.6. The van der Waals surface area contributed by atoms with Gasteiger partial charge in [0, 0.05) is 6.42 Å². The predicted molar refractivity (Wildman–Crippen MR) is 273 cm³/mol. The summed E-state index contributed by atoms with van der Waals surface area (Å²) >= 11 is 0. The lowest BCUT2D eigenvalue weighted by atomic mass is 10.0. The molecule has 366 valence electrons. The van der Waals surface area contributed by atoms with Gasteiger partial charge in [0.25, 0.3) is 0 Å². The fraction of sp³-hybridized carbons (Fsp3) is 0.789. The van der Waals surface area contributed by atoms with Crippen molar-refractivity contribution in [3.05, 3.63) is 60.8 Å². The average Bonchev–Trinajstić information content (AvgIpc) is 3.28. The Kier molecular flexibility index (Phi) is 48.6. The van der Waals surface area contributed by atoms with Crippen molar-refractivity contribution < 1.29 is 24.5 Å². The van der Waals surface area contributed by atoms with Gasteiger partial charge in [-0.15, -0.1) is 0 Å². The second-order valence-electron chi connectivity index (χ2n) is 18.3. The summed E-state index contributed by atoms with van der Waals surface area (Å²) < 4.78 is 5.93. The Labute approximate surface area is 390 Å². The van der Waals surface area contributed by atoms with E-state index in [1.807, 2.05) is 0 Å². The molecule has 0 aliphatic carbocycles. The number of nitrogens with one attached hydrogen (secondary N) is 1. The summed E-state index contributed by atoms with van der Waals surface area (Å²) in [7, 11) is 0. The van der Waals surface area contributed by atoms with Crippen LogP contribution in [0.5, 0.6) is 0 Å². The molecule has 0 aromatic heterocycles. The predicted octanol–water partition coefficient (Wildman–Crippen LogP) is 16.4. The van der Waals surface area contributed by atoms with E-state index in [1.54, 1.807) is 0 Å². The molecule has 0 aromatic carbocycles. The number of carbonyl (C=O) groups is 2. The van der Waals surface area contributed by atoms with Crippen molar-refractivity contribution in [2.45, 2.75) is 283 Å². The van der Waals surface area contributed by atoms with Gasteiger partial charge in [0.15, 0.2) is 0 Å². The number of esters is 1. The molecule has 6 nitrogen and oxygen atoms in total. The van der Waals surface area contributed by atoms with Crippen LogP contribution in [-0.2, 0) is 14.3 Å². The van der Waals surface area contributed by atoms with Gasteiger partial charge in [-0.2, -0.15) is 0 Å². The van der Waals surface area contributed by atoms with E-state index < -0.39 is 18.2 Å². The molecule has 3 N–H and O–H groups in total. The highest BCUT2D eigenvalue weighted by atomic mass is 16.5. The van der Waals surface area contributed by atoms with Gasteiger partial charge in [0.1, 0.15) is 6.10 Å². The Morgan fingerprint density at radius 3 is 1.43 bits per heavy atom. The third-order valence-corrected chi connectivity index (χ3v) is 12.1. The van der Waals surface area contributed by atoms with Crippen LogP contribution in [0.15, 0.2) is 60.8 Å². The first-order valence-corrected chi connectivity index (χ1v) is 27.0. The van der Waals surface area contributed by atoms with Crippen LogP contribution in [0, 0.1) is 0 Å². The first-order chi connectivity index (χ1) is 31.0. The zero-order chi connectivity index (χ0) is 45.9. The largest absolute Gasteiger partial charge is 0.462 e. The van der Waals surface area contributed by atoms with Crippen molar-refractivity contribution >= 4 is 11.9 Å². The molecule has 0 heterocycles. The standard InChI is InChI=1S/C57H103NO5/c1-4-7-10-13-16-19-22-25-27-29-32-35-38-41-44-47-50-57(62)63-53(48-45-42-39-36-33-30-24-21-18-15-12-9-6-3)51-56(61)58-54(52-59)55(60)49-46-43-40-37-34-31-28-26-23-20-17-14-11-8-5-2/h7,10,16,18-19,21,24-25,27,30,53-55,59-60H,4-6,8-9,11-15,17,20,22-23,26,28-29,31-52H2,1-3H3,(H,58,61)/b10-7+,19-16+,21-18+,27-25+,30-24+. The second-order valence-corrected chi connectivity index (χ2v) is 18.3. The molecule has 1 amide bonds. The third-order valence-electron chi connectivity index (χ3n) is 12.1. The highest BCUT2D eigenvalue weighted by molar-refractivity contribution is 5.77. The van der Waals surface area contributed by atoms with Crippen molar-refractivity contribution in [1.82, 2.24) is 5.32 Å². The lowest BCUT2D eigenvalue weighted by Crippen LogP contribution is -2.46. The summed E-state index contributed by atoms with van der Waals surface area (Å²) in [5.74, 6) is -0.505. The van der Waals surface area contributed by atoms with Crippen LogP contribution in [0.25, 0.3) is 0 Å². The molecule has 0 aromatic rings. The topological polar surface area (TPSA) is 95.9 Å². The Bertz CT molecular complexity index is 1130. The minimum Gasteiger partial charge on any atom is -0.462 e. The summed E-state index contributed by atoms with van der Waals surface area (Å²) in [6.07, 6.45) is 62.8. The van der Waals surface area contributed by atoms with E-state index in [1.165, 1.54) is 116 Å². The number of aliphatic hydroxyl groups is 2. The Hall–Kier alpha value is -2.44. The number of allylic oxidation sites excluding steroid dienone is 10. The van der Waals surface area contributed by atoms with Crippen LogP contribution in [0.3, 0.4) is 0 Å². The van der Waals surface area contributed by atoms with Crippen LogP contribution < -0.4 is 5.32 Å². The number of hydrogen-bond donors (Lipinski definition) is 3. The van der Waals surface area contributed by atoms with Gasteiger partial charge >= 0.3 is 5.97 Å². The zero-order valence-corrected chi connectivity index (χ0v) is 41.7. The van der Waals surface area contributed by atoms with Gasteiger partial charge in [-0.25, -0.2) is 0 Å². The second kappa shape index (κ2) is 50.6. The molecule has 3 atom stereocenters. The Morgan fingerprint density at radius 2 is 0.905 bits per heavy atom. The molecule has 0 radical (unpaired) electrons. The first-order valence-electron chi connectivity index (χ1n) is 27.0. The molecule has 0 saturated heterocycles. The van der Waals surface area contributed by atoms with Crippen LogP contribution in [0.1, 0.15) is 265 Å². The van der Waals surface area contributed by atoms with E-state index in [2.05, 4.69) is 86.8 Å². The van der Waals surface area contributed by atoms with E-state index in [-0.39, 0.29) is 24.9 Å². The highest BCUT2D eigenvalue weighted by Crippen LogP contribution is 2.18. The van der Waals surface area contributed by atoms with Gasteiger partial charge in [-0.1, -0.05) is 229 Å². The molecule has 0 bridgehead atoms. The summed E-state index contributed by atoms with van der Waals surface area (Å²) in [5.41, 5.74) is 0. The van der Waals surface area contributed by atoms with E-state index in [9.17, 15) is 19.8 Å². The lowest BCUT2D eigenvalue weighted by Gasteiger charge is -2.24. The van der Waals surface area contributed by atoms with Crippen molar-refractivity contribution in [3.8, 4) is 0 Å². The molecular weight excluding hydrogens is 779 g/mol. The minimum absolute atomic E-state index is 0.0578. The van der Waals surface area contributed by atoms with Crippen molar-refractivity contribution in [2.24, 2.45) is 0 Å². The maximum atomic E-state index is 13.2. The highest BCUT2D eigenvalue weighted by Gasteiger charge is 2.24. The number of aliphatic hydroxyl groups excluding tert-OH is 2. The lowest BCUT2D eigenvalue weighted by molar-refractivity contribution is -0.151. The zero-order valence-electron chi connectivity index (χ0n) is 41.7. The van der Waals surface area contributed by atoms with Gasteiger partial charge < -0.3 is 20.3 Å². The average molecular weight is 882 g/mol. The third kappa shape index (κ3) is 45.9. The maximum Gasteiger partial charge on any atom is 0.306 e. The normalized spacial score (nSPS) is 13.7. The number of rotatable bonds is 48. The number of ether oxygens (including phenoxy) is 1. The van der Waals surface area contributed by atoms with Gasteiger partial charge in [0.05, 0.1) is 25.2 Å². The van der Waals surface area contributed by atoms with Crippen LogP contribution >= 0.6 is 0 Å². The number of carbonyl (C=O) groups excluding carboxylic acids is 2. The smallest absolute Gasteiger partial charge is 0.306 e. The molecule has 63 heavy (non-hydrogen) atoms. The maximum absolute atomic E-state index is 13.2. The summed E-state index contributed by atoms with van der Waals surface area (Å²) in [5, 5.41) is 23.8. The summed E-state index contributed by atoms with van der Waals surface area (Å²) in [6.45, 7) is 6.35. The SMILES string of the molecule is CC/C=C/C/C=C/C/C=C/CCCCCCCCC(=O)OC(CCCCCC/C=C/C=C/CCCCC)CC(=O)NC(CO)C(O)CCCCCCCCCCCCCCCCC. The molecule has 0 aliphatic rings. The Morgan fingerprint density at radius 1 is 0.492 bits per heavy atom. The monoisotopic (exact) mass is 882 g/mol. The quantitative estimate of drug-likeness (QED) is 0.0245. The van der Waals surface area contributed by atoms with E-state index in [0.29, 0.717) is 19.3 Å². The molecule has 0 spiro atoms. The molecule has 6 heteroatoms. The molecular formula is C57H103NO5. The van der Waals surface area contributed by atoms with Gasteiger partial charge in [-0.05, 0) is 83.5 Å². The van der Waals surface area contributed by atoms with Crippen molar-refractivity contribution in [3.63, 3.8) is 0 Å². The molecule has 0 fully saturated rings. The Balaban J connectivity index is 4.58. The van der Waals surface area contributed by atoms with Gasteiger partial charge in [-0.3, -0.25) is 9.59 Å². The number of hydrogen-bond acceptors (Lipinski definition) is 5. The van der Waals surface area contributed by atoms with Crippen molar-refractivity contribution in [2.75, 3.05) is 6.61 Å².